The molecule has 0 aliphatic heterocycles. The standard InChI is InChI=1S/C13H18FNO/c1-10(2)7-8-16-13-11(9-15-3)5-4-6-12(13)14/h4-7,15H,8-9H2,1-3H3. The van der Waals surface area contributed by atoms with Crippen LogP contribution in [0.3, 0.4) is 0 Å². The number of benzene rings is 1. The van der Waals surface area contributed by atoms with Gasteiger partial charge in [0, 0.05) is 12.1 Å². The minimum Gasteiger partial charge on any atom is -0.486 e. The van der Waals surface area contributed by atoms with Gasteiger partial charge in [0.2, 0.25) is 0 Å². The minimum atomic E-state index is -0.310. The molecular formula is C13H18FNO. The zero-order valence-corrected chi connectivity index (χ0v) is 10.0. The van der Waals surface area contributed by atoms with Gasteiger partial charge in [-0.1, -0.05) is 17.7 Å². The van der Waals surface area contributed by atoms with Gasteiger partial charge >= 0.3 is 0 Å². The molecule has 16 heavy (non-hydrogen) atoms. The lowest BCUT2D eigenvalue weighted by atomic mass is 10.2. The lowest BCUT2D eigenvalue weighted by Crippen LogP contribution is -2.08. The maximum atomic E-state index is 13.5. The molecule has 1 N–H and O–H groups in total. The molecule has 0 saturated heterocycles. The summed E-state index contributed by atoms with van der Waals surface area (Å²) < 4.78 is 19.0. The van der Waals surface area contributed by atoms with Gasteiger partial charge in [-0.2, -0.15) is 0 Å². The Kier molecular flexibility index (Phi) is 4.99. The topological polar surface area (TPSA) is 21.3 Å². The normalized spacial score (nSPS) is 10.0. The number of rotatable bonds is 5. The first-order valence-corrected chi connectivity index (χ1v) is 5.33. The van der Waals surface area contributed by atoms with Crippen LogP contribution in [0, 0.1) is 5.82 Å². The molecule has 0 amide bonds. The quantitative estimate of drug-likeness (QED) is 0.775. The molecule has 0 saturated carbocycles. The molecule has 3 heteroatoms. The average molecular weight is 223 g/mol. The predicted molar refractivity (Wildman–Crippen MR) is 64.1 cm³/mol. The van der Waals surface area contributed by atoms with Crippen molar-refractivity contribution in [2.24, 2.45) is 0 Å². The van der Waals surface area contributed by atoms with Gasteiger partial charge in [-0.05, 0) is 33.0 Å². The van der Waals surface area contributed by atoms with E-state index < -0.39 is 0 Å². The predicted octanol–water partition coefficient (Wildman–Crippen LogP) is 2.89. The van der Waals surface area contributed by atoms with Crippen molar-refractivity contribution in [1.29, 1.82) is 0 Å². The van der Waals surface area contributed by atoms with Crippen molar-refractivity contribution in [3.8, 4) is 5.75 Å². The average Bonchev–Trinajstić information content (AvgIpc) is 2.22. The summed E-state index contributed by atoms with van der Waals surface area (Å²) in [5.74, 6) is 0.0317. The van der Waals surface area contributed by atoms with Gasteiger partial charge in [0.05, 0.1) is 0 Å². The van der Waals surface area contributed by atoms with Crippen LogP contribution in [-0.2, 0) is 6.54 Å². The molecule has 0 fully saturated rings. The summed E-state index contributed by atoms with van der Waals surface area (Å²) in [6.45, 7) is 4.97. The Morgan fingerprint density at radius 1 is 1.44 bits per heavy atom. The maximum Gasteiger partial charge on any atom is 0.165 e. The largest absolute Gasteiger partial charge is 0.486 e. The fourth-order valence-corrected chi connectivity index (χ4v) is 1.34. The number of ether oxygens (including phenoxy) is 1. The zero-order chi connectivity index (χ0) is 12.0. The van der Waals surface area contributed by atoms with Crippen molar-refractivity contribution in [3.63, 3.8) is 0 Å². The number of allylic oxidation sites excluding steroid dienone is 1. The summed E-state index contributed by atoms with van der Waals surface area (Å²) >= 11 is 0. The van der Waals surface area contributed by atoms with E-state index in [4.69, 9.17) is 4.74 Å². The summed E-state index contributed by atoms with van der Waals surface area (Å²) in [7, 11) is 1.82. The molecular weight excluding hydrogens is 205 g/mol. The monoisotopic (exact) mass is 223 g/mol. The summed E-state index contributed by atoms with van der Waals surface area (Å²) in [6, 6.07) is 4.96. The number of nitrogens with one attached hydrogen (secondary N) is 1. The molecule has 0 bridgehead atoms. The van der Waals surface area contributed by atoms with Crippen LogP contribution in [0.2, 0.25) is 0 Å². The molecule has 0 heterocycles. The van der Waals surface area contributed by atoms with E-state index in [0.29, 0.717) is 18.9 Å². The highest BCUT2D eigenvalue weighted by molar-refractivity contribution is 5.35. The highest BCUT2D eigenvalue weighted by Gasteiger charge is 2.08. The van der Waals surface area contributed by atoms with Gasteiger partial charge in [-0.3, -0.25) is 0 Å². The van der Waals surface area contributed by atoms with Crippen molar-refractivity contribution < 1.29 is 9.13 Å². The molecule has 1 aromatic rings. The molecule has 0 aliphatic carbocycles. The van der Waals surface area contributed by atoms with Crippen molar-refractivity contribution in [3.05, 3.63) is 41.2 Å². The first kappa shape index (κ1) is 12.7. The van der Waals surface area contributed by atoms with Gasteiger partial charge < -0.3 is 10.1 Å². The van der Waals surface area contributed by atoms with Crippen LogP contribution in [0.1, 0.15) is 19.4 Å². The minimum absolute atomic E-state index is 0.310. The molecule has 0 unspecified atom stereocenters. The molecule has 0 aliphatic rings. The van der Waals surface area contributed by atoms with E-state index in [1.54, 1.807) is 6.07 Å². The first-order chi connectivity index (χ1) is 7.65. The Bertz CT molecular complexity index is 370. The lowest BCUT2D eigenvalue weighted by molar-refractivity contribution is 0.336. The first-order valence-electron chi connectivity index (χ1n) is 5.33. The Morgan fingerprint density at radius 2 is 2.19 bits per heavy atom. The Hall–Kier alpha value is -1.35. The third-order valence-corrected chi connectivity index (χ3v) is 2.14. The lowest BCUT2D eigenvalue weighted by Gasteiger charge is -2.10. The van der Waals surface area contributed by atoms with Gasteiger partial charge in [-0.15, -0.1) is 0 Å². The second-order valence-corrected chi connectivity index (χ2v) is 3.85. The summed E-state index contributed by atoms with van der Waals surface area (Å²) in [6.07, 6.45) is 1.93. The van der Waals surface area contributed by atoms with Crippen LogP contribution >= 0.6 is 0 Å². The number of hydrogen-bond donors (Lipinski definition) is 1. The van der Waals surface area contributed by atoms with E-state index >= 15 is 0 Å². The van der Waals surface area contributed by atoms with Crippen LogP contribution in [0.5, 0.6) is 5.75 Å². The Morgan fingerprint density at radius 3 is 2.81 bits per heavy atom. The second-order valence-electron chi connectivity index (χ2n) is 3.85. The molecule has 1 rings (SSSR count). The zero-order valence-electron chi connectivity index (χ0n) is 10.0. The van der Waals surface area contributed by atoms with E-state index in [1.807, 2.05) is 33.0 Å². The van der Waals surface area contributed by atoms with Gasteiger partial charge in [0.25, 0.3) is 0 Å². The van der Waals surface area contributed by atoms with Crippen molar-refractivity contribution >= 4 is 0 Å². The van der Waals surface area contributed by atoms with Crippen LogP contribution < -0.4 is 10.1 Å². The van der Waals surface area contributed by atoms with Crippen LogP contribution in [0.4, 0.5) is 4.39 Å². The highest BCUT2D eigenvalue weighted by atomic mass is 19.1. The Labute approximate surface area is 96.1 Å². The van der Waals surface area contributed by atoms with Gasteiger partial charge in [0.1, 0.15) is 6.61 Å². The number of halogens is 1. The maximum absolute atomic E-state index is 13.5. The number of para-hydroxylation sites is 1. The summed E-state index contributed by atoms with van der Waals surface area (Å²) in [5.41, 5.74) is 2.00. The van der Waals surface area contributed by atoms with E-state index in [2.05, 4.69) is 5.32 Å². The molecule has 0 aromatic heterocycles. The third kappa shape index (κ3) is 3.66. The van der Waals surface area contributed by atoms with Crippen molar-refractivity contribution in [2.75, 3.05) is 13.7 Å². The van der Waals surface area contributed by atoms with Crippen LogP contribution in [0.25, 0.3) is 0 Å². The molecule has 1 aromatic carbocycles. The molecule has 0 radical (unpaired) electrons. The molecule has 0 atom stereocenters. The molecule has 88 valence electrons. The molecule has 2 nitrogen and oxygen atoms in total. The van der Waals surface area contributed by atoms with E-state index in [1.165, 1.54) is 6.07 Å². The molecule has 0 spiro atoms. The third-order valence-electron chi connectivity index (χ3n) is 2.14. The SMILES string of the molecule is CNCc1cccc(F)c1OCC=C(C)C. The summed E-state index contributed by atoms with van der Waals surface area (Å²) in [5, 5.41) is 2.99. The van der Waals surface area contributed by atoms with Crippen LogP contribution in [-0.4, -0.2) is 13.7 Å². The van der Waals surface area contributed by atoms with Crippen molar-refractivity contribution in [1.82, 2.24) is 5.32 Å². The fraction of sp³-hybridized carbons (Fsp3) is 0.385. The fourth-order valence-electron chi connectivity index (χ4n) is 1.34. The van der Waals surface area contributed by atoms with E-state index in [9.17, 15) is 4.39 Å². The van der Waals surface area contributed by atoms with Gasteiger partial charge in [-0.25, -0.2) is 4.39 Å². The smallest absolute Gasteiger partial charge is 0.165 e. The summed E-state index contributed by atoms with van der Waals surface area (Å²) in [4.78, 5) is 0. The van der Waals surface area contributed by atoms with E-state index in [-0.39, 0.29) is 5.82 Å². The van der Waals surface area contributed by atoms with E-state index in [0.717, 1.165) is 11.1 Å². The Balaban J connectivity index is 2.79. The van der Waals surface area contributed by atoms with Crippen molar-refractivity contribution in [2.45, 2.75) is 20.4 Å². The highest BCUT2D eigenvalue weighted by Crippen LogP contribution is 2.22. The van der Waals surface area contributed by atoms with Gasteiger partial charge in [0.15, 0.2) is 11.6 Å². The number of hydrogen-bond acceptors (Lipinski definition) is 2. The van der Waals surface area contributed by atoms with Crippen LogP contribution in [0.15, 0.2) is 29.8 Å². The second kappa shape index (κ2) is 6.28.